The van der Waals surface area contributed by atoms with E-state index >= 15 is 0 Å². The monoisotopic (exact) mass is 340 g/mol. The Balaban J connectivity index is 2.17. The summed E-state index contributed by atoms with van der Waals surface area (Å²) in [6, 6.07) is 1.63. The second-order valence-corrected chi connectivity index (χ2v) is 6.33. The fraction of sp³-hybridized carbons (Fsp3) is 0.500. The number of rotatable bonds is 3. The molecule has 1 aliphatic carbocycles. The van der Waals surface area contributed by atoms with Crippen molar-refractivity contribution < 1.29 is 14.7 Å². The Hall–Kier alpha value is -1.43. The van der Waals surface area contributed by atoms with Gasteiger partial charge >= 0.3 is 5.97 Å². The zero-order chi connectivity index (χ0) is 14.8. The van der Waals surface area contributed by atoms with E-state index in [0.29, 0.717) is 28.8 Å². The molecule has 1 fully saturated rings. The topological polar surface area (TPSA) is 79.3 Å². The van der Waals surface area contributed by atoms with Crippen LogP contribution in [0.5, 0.6) is 0 Å². The summed E-state index contributed by atoms with van der Waals surface area (Å²) in [5.74, 6) is -0.844. The molecule has 1 aliphatic rings. The number of aromatic nitrogens is 1. The molecule has 1 aromatic heterocycles. The Morgan fingerprint density at radius 1 is 1.40 bits per heavy atom. The van der Waals surface area contributed by atoms with Gasteiger partial charge in [0.15, 0.2) is 0 Å². The van der Waals surface area contributed by atoms with Gasteiger partial charge < -0.3 is 10.4 Å². The van der Waals surface area contributed by atoms with Crippen LogP contribution in [-0.4, -0.2) is 27.5 Å². The first-order chi connectivity index (χ1) is 9.43. The van der Waals surface area contributed by atoms with Gasteiger partial charge in [0.05, 0.1) is 5.56 Å². The van der Waals surface area contributed by atoms with Crippen molar-refractivity contribution in [2.75, 3.05) is 0 Å². The maximum Gasteiger partial charge on any atom is 0.329 e. The summed E-state index contributed by atoms with van der Waals surface area (Å²) >= 11 is 3.25. The lowest BCUT2D eigenvalue weighted by Gasteiger charge is -2.36. The van der Waals surface area contributed by atoms with Crippen LogP contribution in [0.4, 0.5) is 0 Å². The molecule has 0 atom stereocenters. The Morgan fingerprint density at radius 3 is 2.60 bits per heavy atom. The molecule has 2 rings (SSSR count). The number of carboxylic acid groups (broad SMARTS) is 1. The zero-order valence-corrected chi connectivity index (χ0v) is 12.8. The Bertz CT molecular complexity index is 525. The third-order valence-corrected chi connectivity index (χ3v) is 4.29. The number of halogens is 1. The van der Waals surface area contributed by atoms with E-state index < -0.39 is 17.4 Å². The van der Waals surface area contributed by atoms with Crippen molar-refractivity contribution in [3.8, 4) is 0 Å². The average Bonchev–Trinajstić information content (AvgIpc) is 2.41. The van der Waals surface area contributed by atoms with Crippen LogP contribution in [0.2, 0.25) is 0 Å². The van der Waals surface area contributed by atoms with Crippen LogP contribution < -0.4 is 5.32 Å². The molecule has 1 saturated carbocycles. The quantitative estimate of drug-likeness (QED) is 0.886. The van der Waals surface area contributed by atoms with Crippen LogP contribution in [0.25, 0.3) is 0 Å². The smallest absolute Gasteiger partial charge is 0.329 e. The van der Waals surface area contributed by atoms with Gasteiger partial charge in [-0.3, -0.25) is 9.78 Å². The maximum atomic E-state index is 12.2. The summed E-state index contributed by atoms with van der Waals surface area (Å²) in [6.45, 7) is 2.10. The van der Waals surface area contributed by atoms with Crippen LogP contribution in [0, 0.1) is 5.92 Å². The van der Waals surface area contributed by atoms with E-state index in [4.69, 9.17) is 0 Å². The van der Waals surface area contributed by atoms with Gasteiger partial charge in [-0.25, -0.2) is 4.79 Å². The minimum absolute atomic E-state index is 0.360. The zero-order valence-electron chi connectivity index (χ0n) is 11.2. The van der Waals surface area contributed by atoms with E-state index in [1.807, 2.05) is 0 Å². The van der Waals surface area contributed by atoms with E-state index in [0.717, 1.165) is 12.8 Å². The number of nitrogens with one attached hydrogen (secondary N) is 1. The van der Waals surface area contributed by atoms with E-state index in [-0.39, 0.29) is 0 Å². The summed E-state index contributed by atoms with van der Waals surface area (Å²) in [5.41, 5.74) is -0.787. The molecule has 0 bridgehead atoms. The first-order valence-corrected chi connectivity index (χ1v) is 7.39. The van der Waals surface area contributed by atoms with Gasteiger partial charge in [0.1, 0.15) is 5.54 Å². The van der Waals surface area contributed by atoms with E-state index in [1.54, 1.807) is 12.3 Å². The van der Waals surface area contributed by atoms with Gasteiger partial charge in [-0.1, -0.05) is 6.92 Å². The summed E-state index contributed by atoms with van der Waals surface area (Å²) in [4.78, 5) is 27.7. The molecule has 0 aromatic carbocycles. The molecular weight excluding hydrogens is 324 g/mol. The van der Waals surface area contributed by atoms with Crippen LogP contribution in [0.1, 0.15) is 43.0 Å². The normalized spacial score (nSPS) is 26.0. The molecule has 2 N–H and O–H groups in total. The molecule has 5 nitrogen and oxygen atoms in total. The number of carbonyl (C=O) groups is 2. The molecule has 6 heteroatoms. The van der Waals surface area contributed by atoms with E-state index in [9.17, 15) is 14.7 Å². The lowest BCUT2D eigenvalue weighted by Crippen LogP contribution is -2.56. The molecule has 0 aliphatic heterocycles. The summed E-state index contributed by atoms with van der Waals surface area (Å²) in [7, 11) is 0. The lowest BCUT2D eigenvalue weighted by atomic mass is 9.77. The largest absolute Gasteiger partial charge is 0.480 e. The highest BCUT2D eigenvalue weighted by Crippen LogP contribution is 2.32. The lowest BCUT2D eigenvalue weighted by molar-refractivity contribution is -0.146. The molecule has 1 aromatic rings. The number of carbonyl (C=O) groups excluding carboxylic acids is 1. The van der Waals surface area contributed by atoms with E-state index in [1.165, 1.54) is 6.20 Å². The van der Waals surface area contributed by atoms with Gasteiger partial charge in [0.2, 0.25) is 0 Å². The van der Waals surface area contributed by atoms with Crippen molar-refractivity contribution >= 4 is 27.8 Å². The number of amides is 1. The van der Waals surface area contributed by atoms with Crippen molar-refractivity contribution in [3.05, 3.63) is 28.5 Å². The molecule has 20 heavy (non-hydrogen) atoms. The SMILES string of the molecule is CC1CCC(NC(=O)c2cncc(Br)c2)(C(=O)O)CC1. The average molecular weight is 341 g/mol. The molecule has 0 radical (unpaired) electrons. The summed E-state index contributed by atoms with van der Waals surface area (Å²) < 4.78 is 0.687. The minimum Gasteiger partial charge on any atom is -0.480 e. The predicted octanol–water partition coefficient (Wildman–Crippen LogP) is 2.61. The molecule has 0 unspecified atom stereocenters. The van der Waals surface area contributed by atoms with Crippen molar-refractivity contribution in [1.29, 1.82) is 0 Å². The second kappa shape index (κ2) is 5.91. The van der Waals surface area contributed by atoms with Crippen molar-refractivity contribution in [3.63, 3.8) is 0 Å². The number of pyridine rings is 1. The van der Waals surface area contributed by atoms with Gasteiger partial charge in [-0.2, -0.15) is 0 Å². The maximum absolute atomic E-state index is 12.2. The van der Waals surface area contributed by atoms with Gasteiger partial charge in [0, 0.05) is 16.9 Å². The number of hydrogen-bond donors (Lipinski definition) is 2. The number of hydrogen-bond acceptors (Lipinski definition) is 3. The summed E-state index contributed by atoms with van der Waals surface area (Å²) in [5, 5.41) is 12.2. The van der Waals surface area contributed by atoms with Crippen LogP contribution in [-0.2, 0) is 4.79 Å². The Morgan fingerprint density at radius 2 is 2.05 bits per heavy atom. The highest BCUT2D eigenvalue weighted by Gasteiger charge is 2.42. The molecular formula is C14H17BrN2O3. The van der Waals surface area contributed by atoms with Crippen LogP contribution in [0.3, 0.4) is 0 Å². The van der Waals surface area contributed by atoms with Crippen molar-refractivity contribution in [1.82, 2.24) is 10.3 Å². The number of aliphatic carboxylic acids is 1. The minimum atomic E-state index is -1.15. The van der Waals surface area contributed by atoms with Gasteiger partial charge in [-0.15, -0.1) is 0 Å². The molecule has 0 saturated heterocycles. The van der Waals surface area contributed by atoms with Crippen LogP contribution >= 0.6 is 15.9 Å². The molecule has 0 spiro atoms. The fourth-order valence-corrected chi connectivity index (χ4v) is 2.84. The summed E-state index contributed by atoms with van der Waals surface area (Å²) in [6.07, 6.45) is 5.56. The molecule has 108 valence electrons. The third-order valence-electron chi connectivity index (χ3n) is 3.86. The first-order valence-electron chi connectivity index (χ1n) is 6.59. The second-order valence-electron chi connectivity index (χ2n) is 5.42. The Labute approximate surface area is 125 Å². The highest BCUT2D eigenvalue weighted by molar-refractivity contribution is 9.10. The fourth-order valence-electron chi connectivity index (χ4n) is 2.47. The van der Waals surface area contributed by atoms with Gasteiger partial charge in [0.25, 0.3) is 5.91 Å². The third kappa shape index (κ3) is 3.17. The van der Waals surface area contributed by atoms with Gasteiger partial charge in [-0.05, 0) is 53.6 Å². The predicted molar refractivity (Wildman–Crippen MR) is 77.4 cm³/mol. The van der Waals surface area contributed by atoms with Crippen molar-refractivity contribution in [2.24, 2.45) is 5.92 Å². The van der Waals surface area contributed by atoms with Crippen molar-refractivity contribution in [2.45, 2.75) is 38.1 Å². The van der Waals surface area contributed by atoms with Crippen LogP contribution in [0.15, 0.2) is 22.9 Å². The first kappa shape index (κ1) is 15.0. The number of nitrogens with zero attached hydrogens (tertiary/aromatic N) is 1. The molecule has 1 heterocycles. The molecule has 1 amide bonds. The number of carboxylic acids is 1. The standard InChI is InChI=1S/C14H17BrN2O3/c1-9-2-4-14(5-3-9,13(19)20)17-12(18)10-6-11(15)8-16-7-10/h6-9H,2-5H2,1H3,(H,17,18)(H,19,20). The van der Waals surface area contributed by atoms with E-state index in [2.05, 4.69) is 33.2 Å². The Kier molecular flexibility index (Phi) is 4.42. The highest BCUT2D eigenvalue weighted by atomic mass is 79.9.